The first-order chi connectivity index (χ1) is 10.3. The van der Waals surface area contributed by atoms with Crippen LogP contribution in [0, 0.1) is 23.7 Å². The molecule has 1 rings (SSSR count). The Morgan fingerprint density at radius 2 is 1.71 bits per heavy atom. The lowest BCUT2D eigenvalue weighted by Gasteiger charge is -2.20. The highest BCUT2D eigenvalue weighted by Crippen LogP contribution is 2.42. The lowest BCUT2D eigenvalue weighted by atomic mass is 9.88. The average molecular weight is 292 g/mol. The molecule has 21 heavy (non-hydrogen) atoms. The number of allylic oxidation sites excluding steroid dienone is 5. The minimum atomic E-state index is 0.138. The predicted molar refractivity (Wildman–Crippen MR) is 90.0 cm³/mol. The maximum atomic E-state index is 9.58. The van der Waals surface area contributed by atoms with E-state index in [2.05, 4.69) is 37.8 Å². The Bertz CT molecular complexity index is 332. The summed E-state index contributed by atoms with van der Waals surface area (Å²) in [5, 5.41) is 19.1. The molecule has 0 aromatic rings. The fourth-order valence-corrected chi connectivity index (χ4v) is 3.40. The summed E-state index contributed by atoms with van der Waals surface area (Å²) in [5.74, 6) is 0.979. The Kier molecular flexibility index (Phi) is 9.36. The summed E-state index contributed by atoms with van der Waals surface area (Å²) in [7, 11) is 0. The summed E-state index contributed by atoms with van der Waals surface area (Å²) >= 11 is 0. The minimum Gasteiger partial charge on any atom is -0.396 e. The summed E-state index contributed by atoms with van der Waals surface area (Å²) in [5.41, 5.74) is 0. The largest absolute Gasteiger partial charge is 0.396 e. The van der Waals surface area contributed by atoms with Crippen LogP contribution in [0.15, 0.2) is 37.0 Å². The van der Waals surface area contributed by atoms with E-state index in [-0.39, 0.29) is 25.0 Å². The van der Waals surface area contributed by atoms with Gasteiger partial charge >= 0.3 is 0 Å². The van der Waals surface area contributed by atoms with E-state index in [4.69, 9.17) is 0 Å². The molecule has 0 saturated heterocycles. The Morgan fingerprint density at radius 1 is 1.00 bits per heavy atom. The fraction of sp³-hybridized carbons (Fsp3) is 0.684. The second-order valence-corrected chi connectivity index (χ2v) is 6.15. The van der Waals surface area contributed by atoms with E-state index in [1.54, 1.807) is 0 Å². The second kappa shape index (κ2) is 10.8. The third kappa shape index (κ3) is 5.80. The zero-order valence-electron chi connectivity index (χ0n) is 13.5. The van der Waals surface area contributed by atoms with Gasteiger partial charge in [0.2, 0.25) is 0 Å². The van der Waals surface area contributed by atoms with Crippen LogP contribution in [0.2, 0.25) is 0 Å². The number of aliphatic hydroxyl groups excluding tert-OH is 2. The molecule has 0 radical (unpaired) electrons. The topological polar surface area (TPSA) is 40.5 Å². The van der Waals surface area contributed by atoms with Crippen molar-refractivity contribution in [3.8, 4) is 0 Å². The zero-order chi connectivity index (χ0) is 15.5. The van der Waals surface area contributed by atoms with Gasteiger partial charge in [0.25, 0.3) is 0 Å². The maximum absolute atomic E-state index is 9.58. The molecule has 0 aromatic heterocycles. The van der Waals surface area contributed by atoms with Gasteiger partial charge in [0.05, 0.1) is 0 Å². The Labute approximate surface area is 130 Å². The Balaban J connectivity index is 2.40. The molecule has 0 spiro atoms. The highest BCUT2D eigenvalue weighted by Gasteiger charge is 2.39. The van der Waals surface area contributed by atoms with Crippen molar-refractivity contribution in [2.75, 3.05) is 13.2 Å². The van der Waals surface area contributed by atoms with Crippen molar-refractivity contribution in [3.63, 3.8) is 0 Å². The van der Waals surface area contributed by atoms with Crippen LogP contribution >= 0.6 is 0 Å². The highest BCUT2D eigenvalue weighted by atomic mass is 16.3. The maximum Gasteiger partial charge on any atom is 0.0468 e. The lowest BCUT2D eigenvalue weighted by molar-refractivity contribution is 0.117. The standard InChI is InChI=1S/C19H32O2/c1-3-5-6-7-8-9-10-11-12-17-13-16(4-2)18(14-20)19(17)15-21/h4,9-12,16-21H,2-3,5-8,13-15H2,1H3/t16-,17+,18+,19-/m1/s1. The normalized spacial score (nSPS) is 29.7. The SMILES string of the molecule is C=C[C@@H]1C[C@H](C=CC=CCCCCCC)[C@@H](CO)[C@H]1CO. The second-order valence-electron chi connectivity index (χ2n) is 6.15. The molecule has 120 valence electrons. The molecular weight excluding hydrogens is 260 g/mol. The molecule has 0 amide bonds. The van der Waals surface area contributed by atoms with Gasteiger partial charge in [-0.3, -0.25) is 0 Å². The number of aliphatic hydroxyl groups is 2. The van der Waals surface area contributed by atoms with Crippen LogP contribution in [0.5, 0.6) is 0 Å². The van der Waals surface area contributed by atoms with Crippen LogP contribution in [0.4, 0.5) is 0 Å². The monoisotopic (exact) mass is 292 g/mol. The van der Waals surface area contributed by atoms with Gasteiger partial charge in [-0.2, -0.15) is 0 Å². The van der Waals surface area contributed by atoms with Gasteiger partial charge in [-0.05, 0) is 42.9 Å². The third-order valence-corrected chi connectivity index (χ3v) is 4.75. The van der Waals surface area contributed by atoms with E-state index >= 15 is 0 Å². The molecular formula is C19H32O2. The third-order valence-electron chi connectivity index (χ3n) is 4.75. The van der Waals surface area contributed by atoms with Crippen molar-refractivity contribution in [3.05, 3.63) is 37.0 Å². The molecule has 1 fully saturated rings. The fourth-order valence-electron chi connectivity index (χ4n) is 3.40. The van der Waals surface area contributed by atoms with E-state index in [0.717, 1.165) is 12.8 Å². The van der Waals surface area contributed by atoms with Crippen LogP contribution in [-0.4, -0.2) is 23.4 Å². The number of hydrogen-bond donors (Lipinski definition) is 2. The zero-order valence-corrected chi connectivity index (χ0v) is 13.5. The van der Waals surface area contributed by atoms with Crippen molar-refractivity contribution >= 4 is 0 Å². The number of unbranched alkanes of at least 4 members (excludes halogenated alkanes) is 4. The Hall–Kier alpha value is -0.860. The molecule has 2 heteroatoms. The first-order valence-corrected chi connectivity index (χ1v) is 8.46. The van der Waals surface area contributed by atoms with Gasteiger partial charge in [0, 0.05) is 13.2 Å². The number of rotatable bonds is 10. The smallest absolute Gasteiger partial charge is 0.0468 e. The van der Waals surface area contributed by atoms with E-state index in [1.165, 1.54) is 25.7 Å². The van der Waals surface area contributed by atoms with Gasteiger partial charge in [0.1, 0.15) is 0 Å². The molecule has 0 unspecified atom stereocenters. The summed E-state index contributed by atoms with van der Waals surface area (Å²) in [6.07, 6.45) is 17.9. The van der Waals surface area contributed by atoms with Crippen molar-refractivity contribution in [2.45, 2.75) is 45.4 Å². The van der Waals surface area contributed by atoms with Crippen molar-refractivity contribution < 1.29 is 10.2 Å². The molecule has 0 aromatic carbocycles. The molecule has 4 atom stereocenters. The number of hydrogen-bond acceptors (Lipinski definition) is 2. The van der Waals surface area contributed by atoms with E-state index in [0.29, 0.717) is 11.8 Å². The van der Waals surface area contributed by atoms with E-state index < -0.39 is 0 Å². The molecule has 0 bridgehead atoms. The highest BCUT2D eigenvalue weighted by molar-refractivity contribution is 5.10. The van der Waals surface area contributed by atoms with Gasteiger partial charge in [-0.15, -0.1) is 6.58 Å². The van der Waals surface area contributed by atoms with Crippen LogP contribution in [0.3, 0.4) is 0 Å². The minimum absolute atomic E-state index is 0.138. The first kappa shape index (κ1) is 18.2. The van der Waals surface area contributed by atoms with Crippen molar-refractivity contribution in [1.29, 1.82) is 0 Å². The Morgan fingerprint density at radius 3 is 2.33 bits per heavy atom. The quantitative estimate of drug-likeness (QED) is 0.361. The van der Waals surface area contributed by atoms with E-state index in [1.807, 2.05) is 6.08 Å². The molecule has 2 nitrogen and oxygen atoms in total. The molecule has 2 N–H and O–H groups in total. The molecule has 1 saturated carbocycles. The first-order valence-electron chi connectivity index (χ1n) is 8.46. The summed E-state index contributed by atoms with van der Waals surface area (Å²) in [6, 6.07) is 0. The van der Waals surface area contributed by atoms with Gasteiger partial charge < -0.3 is 10.2 Å². The average Bonchev–Trinajstić information content (AvgIpc) is 2.86. The summed E-state index contributed by atoms with van der Waals surface area (Å²) in [6.45, 7) is 6.37. The lowest BCUT2D eigenvalue weighted by Crippen LogP contribution is -2.23. The van der Waals surface area contributed by atoms with Gasteiger partial charge in [0.15, 0.2) is 0 Å². The van der Waals surface area contributed by atoms with E-state index in [9.17, 15) is 10.2 Å². The van der Waals surface area contributed by atoms with Crippen LogP contribution < -0.4 is 0 Å². The van der Waals surface area contributed by atoms with Crippen molar-refractivity contribution in [1.82, 2.24) is 0 Å². The predicted octanol–water partition coefficient (Wildman–Crippen LogP) is 4.11. The molecule has 1 aliphatic carbocycles. The molecule has 1 aliphatic rings. The summed E-state index contributed by atoms with van der Waals surface area (Å²) < 4.78 is 0. The van der Waals surface area contributed by atoms with Crippen molar-refractivity contribution in [2.24, 2.45) is 23.7 Å². The van der Waals surface area contributed by atoms with Gasteiger partial charge in [-0.25, -0.2) is 0 Å². The van der Waals surface area contributed by atoms with Crippen LogP contribution in [0.25, 0.3) is 0 Å². The molecule has 0 aliphatic heterocycles. The summed E-state index contributed by atoms with van der Waals surface area (Å²) in [4.78, 5) is 0. The van der Waals surface area contributed by atoms with Crippen LogP contribution in [0.1, 0.15) is 45.4 Å². The van der Waals surface area contributed by atoms with Crippen LogP contribution in [-0.2, 0) is 0 Å². The van der Waals surface area contributed by atoms with Gasteiger partial charge in [-0.1, -0.05) is 56.6 Å². The molecule has 0 heterocycles.